The van der Waals surface area contributed by atoms with Crippen LogP contribution < -0.4 is 5.32 Å². The fraction of sp³-hybridized carbons (Fsp3) is 0.667. The predicted molar refractivity (Wildman–Crippen MR) is 68.7 cm³/mol. The minimum Gasteiger partial charge on any atom is -0.376 e. The molecular formula is C12H16N2O3S. The normalized spacial score (nSPS) is 27.6. The summed E-state index contributed by atoms with van der Waals surface area (Å²) < 4.78 is 5.75. The molecular weight excluding hydrogens is 252 g/mol. The smallest absolute Gasteiger partial charge is 0.324 e. The van der Waals surface area contributed by atoms with E-state index < -0.39 is 0 Å². The molecule has 1 aliphatic heterocycles. The molecule has 2 fully saturated rings. The van der Waals surface area contributed by atoms with Gasteiger partial charge in [-0.1, -0.05) is 11.3 Å². The zero-order valence-electron chi connectivity index (χ0n) is 10.0. The van der Waals surface area contributed by atoms with Crippen LogP contribution in [0.15, 0.2) is 11.4 Å². The summed E-state index contributed by atoms with van der Waals surface area (Å²) in [4.78, 5) is 10.3. The Hall–Kier alpha value is -0.980. The molecule has 0 spiro atoms. The first kappa shape index (κ1) is 12.1. The second kappa shape index (κ2) is 4.95. The first-order valence-electron chi connectivity index (χ1n) is 6.31. The summed E-state index contributed by atoms with van der Waals surface area (Å²) in [7, 11) is 0. The lowest BCUT2D eigenvalue weighted by Gasteiger charge is -2.19. The predicted octanol–water partition coefficient (Wildman–Crippen LogP) is 2.31. The highest BCUT2D eigenvalue weighted by atomic mass is 32.1. The van der Waals surface area contributed by atoms with Gasteiger partial charge in [0, 0.05) is 30.6 Å². The van der Waals surface area contributed by atoms with Gasteiger partial charge >= 0.3 is 5.00 Å². The van der Waals surface area contributed by atoms with Crippen molar-refractivity contribution in [2.75, 3.05) is 6.61 Å². The molecule has 2 aliphatic rings. The van der Waals surface area contributed by atoms with E-state index in [2.05, 4.69) is 5.32 Å². The molecule has 0 aromatic carbocycles. The van der Waals surface area contributed by atoms with Crippen LogP contribution in [0, 0.1) is 16.0 Å². The molecule has 2 atom stereocenters. The van der Waals surface area contributed by atoms with E-state index in [1.165, 1.54) is 24.2 Å². The second-order valence-corrected chi connectivity index (χ2v) is 5.89. The number of nitro groups is 1. The van der Waals surface area contributed by atoms with Gasteiger partial charge in [-0.15, -0.1) is 0 Å². The highest BCUT2D eigenvalue weighted by molar-refractivity contribution is 7.13. The van der Waals surface area contributed by atoms with Crippen molar-refractivity contribution in [1.82, 2.24) is 5.32 Å². The molecule has 1 aliphatic carbocycles. The standard InChI is InChI=1S/C12H16N2O3S/c15-14(16)11-5-8(7-18-11)6-13-10-3-4-17-12(10)9-1-2-9/h5,7,9-10,12-13H,1-4,6H2. The van der Waals surface area contributed by atoms with Gasteiger partial charge in [-0.05, 0) is 30.7 Å². The van der Waals surface area contributed by atoms with Gasteiger partial charge in [-0.25, -0.2) is 0 Å². The monoisotopic (exact) mass is 268 g/mol. The Labute approximate surface area is 109 Å². The minimum absolute atomic E-state index is 0.216. The molecule has 1 saturated heterocycles. The van der Waals surface area contributed by atoms with Crippen molar-refractivity contribution in [3.05, 3.63) is 27.1 Å². The summed E-state index contributed by atoms with van der Waals surface area (Å²) >= 11 is 1.19. The molecule has 2 heterocycles. The fourth-order valence-electron chi connectivity index (χ4n) is 2.52. The number of nitrogens with zero attached hydrogens (tertiary/aromatic N) is 1. The van der Waals surface area contributed by atoms with Crippen LogP contribution in [0.3, 0.4) is 0 Å². The molecule has 1 N–H and O–H groups in total. The van der Waals surface area contributed by atoms with Gasteiger partial charge in [-0.2, -0.15) is 0 Å². The molecule has 2 unspecified atom stereocenters. The largest absolute Gasteiger partial charge is 0.376 e. The van der Waals surface area contributed by atoms with Crippen LogP contribution in [0.2, 0.25) is 0 Å². The Balaban J connectivity index is 1.55. The van der Waals surface area contributed by atoms with Crippen molar-refractivity contribution in [2.24, 2.45) is 5.92 Å². The van der Waals surface area contributed by atoms with Crippen LogP contribution >= 0.6 is 11.3 Å². The van der Waals surface area contributed by atoms with Crippen molar-refractivity contribution in [2.45, 2.75) is 38.0 Å². The Morgan fingerprint density at radius 3 is 3.00 bits per heavy atom. The Morgan fingerprint density at radius 2 is 2.33 bits per heavy atom. The Bertz CT molecular complexity index is 444. The molecule has 6 heteroatoms. The lowest BCUT2D eigenvalue weighted by molar-refractivity contribution is -0.380. The molecule has 0 bridgehead atoms. The summed E-state index contributed by atoms with van der Waals surface area (Å²) in [6, 6.07) is 2.07. The van der Waals surface area contributed by atoms with Gasteiger partial charge in [0.05, 0.1) is 11.0 Å². The number of thiophene rings is 1. The number of nitrogens with one attached hydrogen (secondary N) is 1. The van der Waals surface area contributed by atoms with Crippen LogP contribution in [0.25, 0.3) is 0 Å². The summed E-state index contributed by atoms with van der Waals surface area (Å²) in [5.41, 5.74) is 0.994. The highest BCUT2D eigenvalue weighted by Crippen LogP contribution is 2.38. The maximum absolute atomic E-state index is 10.6. The van der Waals surface area contributed by atoms with Crippen LogP contribution in [0.5, 0.6) is 0 Å². The van der Waals surface area contributed by atoms with E-state index in [9.17, 15) is 10.1 Å². The van der Waals surface area contributed by atoms with Gasteiger partial charge in [0.2, 0.25) is 0 Å². The van der Waals surface area contributed by atoms with E-state index in [-0.39, 0.29) is 9.92 Å². The topological polar surface area (TPSA) is 64.4 Å². The van der Waals surface area contributed by atoms with E-state index in [1.54, 1.807) is 6.07 Å². The maximum Gasteiger partial charge on any atom is 0.324 e. The van der Waals surface area contributed by atoms with Crippen LogP contribution in [0.4, 0.5) is 5.00 Å². The average Bonchev–Trinajstić information content (AvgIpc) is 2.92. The molecule has 1 aromatic rings. The second-order valence-electron chi connectivity index (χ2n) is 5.00. The van der Waals surface area contributed by atoms with Crippen molar-refractivity contribution >= 4 is 16.3 Å². The zero-order chi connectivity index (χ0) is 12.5. The third-order valence-corrected chi connectivity index (χ3v) is 4.54. The SMILES string of the molecule is O=[N+]([O-])c1cc(CNC2CCOC2C2CC2)cs1. The molecule has 18 heavy (non-hydrogen) atoms. The summed E-state index contributed by atoms with van der Waals surface area (Å²) in [6.07, 6.45) is 3.98. The van der Waals surface area contributed by atoms with Crippen molar-refractivity contribution in [1.29, 1.82) is 0 Å². The molecule has 1 saturated carbocycles. The van der Waals surface area contributed by atoms with Gasteiger partial charge < -0.3 is 10.1 Å². The number of ether oxygens (including phenoxy) is 1. The van der Waals surface area contributed by atoms with E-state index in [1.807, 2.05) is 5.38 Å². The van der Waals surface area contributed by atoms with Crippen LogP contribution in [-0.4, -0.2) is 23.7 Å². The lowest BCUT2D eigenvalue weighted by atomic mass is 10.1. The highest BCUT2D eigenvalue weighted by Gasteiger charge is 2.40. The molecule has 1 aromatic heterocycles. The van der Waals surface area contributed by atoms with Crippen molar-refractivity contribution < 1.29 is 9.66 Å². The quantitative estimate of drug-likeness (QED) is 0.657. The maximum atomic E-state index is 10.6. The zero-order valence-corrected chi connectivity index (χ0v) is 10.8. The lowest BCUT2D eigenvalue weighted by Crippen LogP contribution is -2.37. The van der Waals surface area contributed by atoms with Gasteiger partial charge in [0.25, 0.3) is 0 Å². The van der Waals surface area contributed by atoms with E-state index in [0.29, 0.717) is 18.7 Å². The first-order chi connectivity index (χ1) is 8.74. The number of hydrogen-bond donors (Lipinski definition) is 1. The Kier molecular flexibility index (Phi) is 3.32. The van der Waals surface area contributed by atoms with Crippen molar-refractivity contribution in [3.8, 4) is 0 Å². The minimum atomic E-state index is -0.333. The molecule has 0 amide bonds. The number of hydrogen-bond acceptors (Lipinski definition) is 5. The van der Waals surface area contributed by atoms with Crippen LogP contribution in [-0.2, 0) is 11.3 Å². The molecule has 0 radical (unpaired) electrons. The van der Waals surface area contributed by atoms with Crippen LogP contribution in [0.1, 0.15) is 24.8 Å². The summed E-state index contributed by atoms with van der Waals surface area (Å²) in [5.74, 6) is 0.738. The molecule has 98 valence electrons. The third-order valence-electron chi connectivity index (χ3n) is 3.61. The van der Waals surface area contributed by atoms with E-state index >= 15 is 0 Å². The Morgan fingerprint density at radius 1 is 1.50 bits per heavy atom. The van der Waals surface area contributed by atoms with E-state index in [0.717, 1.165) is 24.5 Å². The molecule has 5 nitrogen and oxygen atoms in total. The van der Waals surface area contributed by atoms with Gasteiger partial charge in [-0.3, -0.25) is 10.1 Å². The fourth-order valence-corrected chi connectivity index (χ4v) is 3.25. The van der Waals surface area contributed by atoms with Gasteiger partial charge in [0.1, 0.15) is 0 Å². The number of rotatable bonds is 5. The summed E-state index contributed by atoms with van der Waals surface area (Å²) in [5, 5.41) is 16.2. The van der Waals surface area contributed by atoms with Crippen molar-refractivity contribution in [3.63, 3.8) is 0 Å². The van der Waals surface area contributed by atoms with E-state index in [4.69, 9.17) is 4.74 Å². The molecule has 3 rings (SSSR count). The first-order valence-corrected chi connectivity index (χ1v) is 7.19. The average molecular weight is 268 g/mol. The third kappa shape index (κ3) is 2.55. The van der Waals surface area contributed by atoms with Gasteiger partial charge in [0.15, 0.2) is 0 Å². The summed E-state index contributed by atoms with van der Waals surface area (Å²) in [6.45, 7) is 1.53.